The normalized spacial score (nSPS) is 11.9. The van der Waals surface area contributed by atoms with Crippen molar-refractivity contribution < 1.29 is 9.59 Å². The van der Waals surface area contributed by atoms with E-state index in [1.807, 2.05) is 31.2 Å². The van der Waals surface area contributed by atoms with Crippen molar-refractivity contribution in [3.8, 4) is 5.69 Å². The Bertz CT molecular complexity index is 853. The molecule has 2 heterocycles. The van der Waals surface area contributed by atoms with Gasteiger partial charge < -0.3 is 5.32 Å². The van der Waals surface area contributed by atoms with Gasteiger partial charge in [0.25, 0.3) is 5.91 Å². The highest BCUT2D eigenvalue weighted by molar-refractivity contribution is 7.15. The minimum atomic E-state index is -0.180. The van der Waals surface area contributed by atoms with Gasteiger partial charge in [0.15, 0.2) is 5.78 Å². The van der Waals surface area contributed by atoms with Crippen LogP contribution < -0.4 is 5.32 Å². The van der Waals surface area contributed by atoms with Crippen LogP contribution in [0.25, 0.3) is 5.69 Å². The van der Waals surface area contributed by atoms with E-state index in [1.54, 1.807) is 23.1 Å². The third-order valence-corrected chi connectivity index (χ3v) is 4.79. The molecule has 1 atom stereocenters. The molecule has 24 heavy (non-hydrogen) atoms. The fourth-order valence-corrected chi connectivity index (χ4v) is 3.06. The number of hydrogen-bond donors (Lipinski definition) is 1. The zero-order chi connectivity index (χ0) is 17.1. The lowest BCUT2D eigenvalue weighted by molar-refractivity contribution is 0.0943. The smallest absolute Gasteiger partial charge is 0.261 e. The molecule has 3 aromatic rings. The monoisotopic (exact) mass is 340 g/mol. The maximum Gasteiger partial charge on any atom is 0.261 e. The zero-order valence-electron chi connectivity index (χ0n) is 13.3. The number of aromatic nitrogens is 3. The molecule has 6 nitrogen and oxygen atoms in total. The summed E-state index contributed by atoms with van der Waals surface area (Å²) in [5.41, 5.74) is 1.88. The molecular formula is C17H16N4O2S. The molecule has 0 bridgehead atoms. The first kappa shape index (κ1) is 16.1. The molecule has 3 rings (SSSR count). The second kappa shape index (κ2) is 6.76. The molecule has 7 heteroatoms. The van der Waals surface area contributed by atoms with Crippen molar-refractivity contribution in [1.29, 1.82) is 0 Å². The highest BCUT2D eigenvalue weighted by Crippen LogP contribution is 2.19. The molecule has 2 aromatic heterocycles. The van der Waals surface area contributed by atoms with Crippen molar-refractivity contribution in [2.75, 3.05) is 0 Å². The van der Waals surface area contributed by atoms with E-state index in [4.69, 9.17) is 0 Å². The first-order valence-electron chi connectivity index (χ1n) is 7.41. The minimum Gasteiger partial charge on any atom is -0.345 e. The standard InChI is InChI=1S/C17H16N4O2S/c1-11(20-17(23)16-8-7-15(24-16)12(2)22)13-3-5-14(6-4-13)21-10-18-9-19-21/h3-11H,1-2H3,(H,20,23). The molecule has 0 saturated carbocycles. The highest BCUT2D eigenvalue weighted by atomic mass is 32.1. The van der Waals surface area contributed by atoms with E-state index in [0.717, 1.165) is 11.3 Å². The fourth-order valence-electron chi connectivity index (χ4n) is 2.26. The molecule has 0 aliphatic rings. The maximum atomic E-state index is 12.3. The lowest BCUT2D eigenvalue weighted by atomic mass is 10.1. The summed E-state index contributed by atoms with van der Waals surface area (Å²) in [4.78, 5) is 28.6. The molecule has 1 aromatic carbocycles. The number of rotatable bonds is 5. The van der Waals surface area contributed by atoms with Crippen molar-refractivity contribution in [3.05, 3.63) is 64.4 Å². The van der Waals surface area contributed by atoms with Crippen LogP contribution in [0.2, 0.25) is 0 Å². The number of ketones is 1. The lowest BCUT2D eigenvalue weighted by Gasteiger charge is -2.14. The number of nitrogens with zero attached hydrogens (tertiary/aromatic N) is 3. The third kappa shape index (κ3) is 3.41. The summed E-state index contributed by atoms with van der Waals surface area (Å²) >= 11 is 1.21. The summed E-state index contributed by atoms with van der Waals surface area (Å²) < 4.78 is 1.67. The number of Topliss-reactive ketones (excluding diaryl/α,β-unsaturated/α-hetero) is 1. The van der Waals surface area contributed by atoms with Gasteiger partial charge in [0, 0.05) is 0 Å². The molecule has 0 saturated heterocycles. The number of nitrogens with one attached hydrogen (secondary N) is 1. The summed E-state index contributed by atoms with van der Waals surface area (Å²) in [6.45, 7) is 3.41. The molecular weight excluding hydrogens is 324 g/mol. The molecule has 122 valence electrons. The van der Waals surface area contributed by atoms with Crippen molar-refractivity contribution >= 4 is 23.0 Å². The van der Waals surface area contributed by atoms with E-state index in [1.165, 1.54) is 24.6 Å². The summed E-state index contributed by atoms with van der Waals surface area (Å²) in [5.74, 6) is -0.212. The van der Waals surface area contributed by atoms with Crippen molar-refractivity contribution in [2.45, 2.75) is 19.9 Å². The Balaban J connectivity index is 1.68. The Kier molecular flexibility index (Phi) is 4.52. The van der Waals surface area contributed by atoms with Gasteiger partial charge in [-0.15, -0.1) is 11.3 Å². The number of benzene rings is 1. The quantitative estimate of drug-likeness (QED) is 0.724. The highest BCUT2D eigenvalue weighted by Gasteiger charge is 2.15. The van der Waals surface area contributed by atoms with Crippen LogP contribution in [0, 0.1) is 0 Å². The van der Waals surface area contributed by atoms with Crippen LogP contribution in [0.5, 0.6) is 0 Å². The van der Waals surface area contributed by atoms with Gasteiger partial charge in [0.2, 0.25) is 0 Å². The Labute approximate surface area is 143 Å². The number of thiophene rings is 1. The molecule has 1 N–H and O–H groups in total. The van der Waals surface area contributed by atoms with Gasteiger partial charge in [0.05, 0.1) is 21.5 Å². The van der Waals surface area contributed by atoms with Gasteiger partial charge in [-0.2, -0.15) is 5.10 Å². The van der Waals surface area contributed by atoms with Gasteiger partial charge in [0.1, 0.15) is 12.7 Å². The molecule has 0 aliphatic heterocycles. The number of amides is 1. The van der Waals surface area contributed by atoms with Crippen LogP contribution >= 0.6 is 11.3 Å². The molecule has 0 aliphatic carbocycles. The van der Waals surface area contributed by atoms with E-state index >= 15 is 0 Å². The second-order valence-corrected chi connectivity index (χ2v) is 6.43. The minimum absolute atomic E-state index is 0.0317. The van der Waals surface area contributed by atoms with Gasteiger partial charge in [-0.25, -0.2) is 9.67 Å². The Morgan fingerprint density at radius 3 is 2.42 bits per heavy atom. The first-order chi connectivity index (χ1) is 11.5. The second-order valence-electron chi connectivity index (χ2n) is 5.35. The zero-order valence-corrected chi connectivity index (χ0v) is 14.1. The molecule has 0 spiro atoms. The summed E-state index contributed by atoms with van der Waals surface area (Å²) in [6, 6.07) is 10.9. The molecule has 0 radical (unpaired) electrons. The van der Waals surface area contributed by atoms with E-state index < -0.39 is 0 Å². The van der Waals surface area contributed by atoms with Gasteiger partial charge in [-0.05, 0) is 43.7 Å². The van der Waals surface area contributed by atoms with Gasteiger partial charge >= 0.3 is 0 Å². The number of carbonyl (C=O) groups excluding carboxylic acids is 2. The van der Waals surface area contributed by atoms with Gasteiger partial charge in [-0.1, -0.05) is 12.1 Å². The lowest BCUT2D eigenvalue weighted by Crippen LogP contribution is -2.25. The summed E-state index contributed by atoms with van der Waals surface area (Å²) in [7, 11) is 0. The maximum absolute atomic E-state index is 12.3. The summed E-state index contributed by atoms with van der Waals surface area (Å²) in [5, 5.41) is 7.02. The topological polar surface area (TPSA) is 76.9 Å². The van der Waals surface area contributed by atoms with Crippen LogP contribution in [0.15, 0.2) is 49.1 Å². The van der Waals surface area contributed by atoms with Gasteiger partial charge in [-0.3, -0.25) is 9.59 Å². The summed E-state index contributed by atoms with van der Waals surface area (Å²) in [6.07, 6.45) is 3.11. The van der Waals surface area contributed by atoms with E-state index in [9.17, 15) is 9.59 Å². The molecule has 1 unspecified atom stereocenters. The average Bonchev–Trinajstić information content (AvgIpc) is 3.26. The Morgan fingerprint density at radius 2 is 1.83 bits per heavy atom. The van der Waals surface area contributed by atoms with E-state index in [-0.39, 0.29) is 17.7 Å². The predicted molar refractivity (Wildman–Crippen MR) is 91.6 cm³/mol. The first-order valence-corrected chi connectivity index (χ1v) is 8.23. The molecule has 0 fully saturated rings. The Morgan fingerprint density at radius 1 is 1.12 bits per heavy atom. The van der Waals surface area contributed by atoms with Crippen LogP contribution in [0.4, 0.5) is 0 Å². The number of hydrogen-bond acceptors (Lipinski definition) is 5. The third-order valence-electron chi connectivity index (χ3n) is 3.60. The van der Waals surface area contributed by atoms with E-state index in [2.05, 4.69) is 15.4 Å². The SMILES string of the molecule is CC(=O)c1ccc(C(=O)NC(C)c2ccc(-n3cncn3)cc2)s1. The van der Waals surface area contributed by atoms with Crippen LogP contribution in [0.3, 0.4) is 0 Å². The number of carbonyl (C=O) groups is 2. The average molecular weight is 340 g/mol. The molecule has 1 amide bonds. The largest absolute Gasteiger partial charge is 0.345 e. The van der Waals surface area contributed by atoms with Crippen molar-refractivity contribution in [3.63, 3.8) is 0 Å². The van der Waals surface area contributed by atoms with E-state index in [0.29, 0.717) is 9.75 Å². The van der Waals surface area contributed by atoms with Crippen LogP contribution in [-0.4, -0.2) is 26.5 Å². The Hall–Kier alpha value is -2.80. The van der Waals surface area contributed by atoms with Crippen molar-refractivity contribution in [1.82, 2.24) is 20.1 Å². The van der Waals surface area contributed by atoms with Crippen LogP contribution in [-0.2, 0) is 0 Å². The predicted octanol–water partition coefficient (Wildman–Crippen LogP) is 3.02. The van der Waals surface area contributed by atoms with Crippen LogP contribution in [0.1, 0.15) is 44.8 Å². The van der Waals surface area contributed by atoms with Crippen molar-refractivity contribution in [2.24, 2.45) is 0 Å². The fraction of sp³-hybridized carbons (Fsp3) is 0.176.